The number of pyridine rings is 1. The molecule has 0 bridgehead atoms. The van der Waals surface area contributed by atoms with Gasteiger partial charge in [0.2, 0.25) is 0 Å². The topological polar surface area (TPSA) is 54.0 Å². The van der Waals surface area contributed by atoms with Crippen LogP contribution in [0.25, 0.3) is 0 Å². The summed E-state index contributed by atoms with van der Waals surface area (Å²) in [5.41, 5.74) is 2.98. The Morgan fingerprint density at radius 3 is 2.68 bits per heavy atom. The monoisotopic (exact) mass is 355 g/mol. The van der Waals surface area contributed by atoms with Crippen molar-refractivity contribution in [1.29, 1.82) is 0 Å². The third-order valence-corrected chi connectivity index (χ3v) is 3.79. The summed E-state index contributed by atoms with van der Waals surface area (Å²) in [5, 5.41) is 6.37. The molecule has 0 atom stereocenters. The van der Waals surface area contributed by atoms with Crippen LogP contribution in [0.1, 0.15) is 16.1 Å². The van der Waals surface area contributed by atoms with Gasteiger partial charge in [-0.15, -0.1) is 0 Å². The number of hydrogen-bond donors (Lipinski definition) is 2. The Morgan fingerprint density at radius 2 is 1.88 bits per heavy atom. The van der Waals surface area contributed by atoms with Crippen molar-refractivity contribution in [3.8, 4) is 0 Å². The molecule has 0 saturated heterocycles. The summed E-state index contributed by atoms with van der Waals surface area (Å²) < 4.78 is 13.3. The molecule has 6 heteroatoms. The van der Waals surface area contributed by atoms with E-state index in [0.717, 1.165) is 5.56 Å². The first-order valence-electron chi connectivity index (χ1n) is 7.57. The third-order valence-electron chi connectivity index (χ3n) is 3.55. The van der Waals surface area contributed by atoms with Crippen LogP contribution in [-0.4, -0.2) is 10.9 Å². The van der Waals surface area contributed by atoms with Crippen LogP contribution in [0.4, 0.5) is 21.5 Å². The molecular formula is C19H15ClFN3O. The van der Waals surface area contributed by atoms with E-state index in [9.17, 15) is 9.18 Å². The highest BCUT2D eigenvalue weighted by Crippen LogP contribution is 2.22. The highest BCUT2D eigenvalue weighted by atomic mass is 35.5. The zero-order valence-electron chi connectivity index (χ0n) is 13.4. The second-order valence-electron chi connectivity index (χ2n) is 5.48. The Hall–Kier alpha value is -2.92. The van der Waals surface area contributed by atoms with Crippen LogP contribution in [-0.2, 0) is 0 Å². The Kier molecular flexibility index (Phi) is 4.95. The molecular weight excluding hydrogens is 341 g/mol. The van der Waals surface area contributed by atoms with Gasteiger partial charge >= 0.3 is 0 Å². The standard InChI is InChI=1S/C19H15ClFN3O/c1-12-5-6-13(20)9-17(12)24-19(25)18-11-16(7-8-22-18)23-15-4-2-3-14(21)10-15/h2-11H,1H3,(H,22,23)(H,24,25). The lowest BCUT2D eigenvalue weighted by molar-refractivity contribution is 0.102. The fourth-order valence-corrected chi connectivity index (χ4v) is 2.45. The predicted molar refractivity (Wildman–Crippen MR) is 98.1 cm³/mol. The van der Waals surface area contributed by atoms with Crippen molar-refractivity contribution in [1.82, 2.24) is 4.98 Å². The van der Waals surface area contributed by atoms with E-state index in [1.165, 1.54) is 18.3 Å². The molecule has 0 unspecified atom stereocenters. The van der Waals surface area contributed by atoms with Crippen molar-refractivity contribution >= 4 is 34.6 Å². The molecule has 2 aromatic carbocycles. The number of rotatable bonds is 4. The van der Waals surface area contributed by atoms with E-state index in [4.69, 9.17) is 11.6 Å². The summed E-state index contributed by atoms with van der Waals surface area (Å²) in [5.74, 6) is -0.693. The van der Waals surface area contributed by atoms with E-state index in [-0.39, 0.29) is 17.4 Å². The predicted octanol–water partition coefficient (Wildman–Crippen LogP) is 5.18. The summed E-state index contributed by atoms with van der Waals surface area (Å²) in [6.07, 6.45) is 1.52. The van der Waals surface area contributed by atoms with Crippen molar-refractivity contribution in [2.24, 2.45) is 0 Å². The molecule has 0 aliphatic heterocycles. The van der Waals surface area contributed by atoms with Gasteiger partial charge in [-0.2, -0.15) is 0 Å². The fourth-order valence-electron chi connectivity index (χ4n) is 2.28. The van der Waals surface area contributed by atoms with Gasteiger partial charge in [-0.1, -0.05) is 23.7 Å². The molecule has 3 aromatic rings. The molecule has 0 aliphatic rings. The van der Waals surface area contributed by atoms with E-state index >= 15 is 0 Å². The summed E-state index contributed by atoms with van der Waals surface area (Å²) in [7, 11) is 0. The molecule has 3 rings (SSSR count). The normalized spacial score (nSPS) is 10.4. The van der Waals surface area contributed by atoms with Crippen LogP contribution in [0.2, 0.25) is 5.02 Å². The lowest BCUT2D eigenvalue weighted by Gasteiger charge is -2.10. The highest BCUT2D eigenvalue weighted by molar-refractivity contribution is 6.31. The van der Waals surface area contributed by atoms with E-state index in [0.29, 0.717) is 22.1 Å². The SMILES string of the molecule is Cc1ccc(Cl)cc1NC(=O)c1cc(Nc2cccc(F)c2)ccn1. The minimum Gasteiger partial charge on any atom is -0.355 e. The molecule has 1 amide bonds. The third kappa shape index (κ3) is 4.33. The average Bonchev–Trinajstić information content (AvgIpc) is 2.58. The summed E-state index contributed by atoms with van der Waals surface area (Å²) in [6, 6.07) is 14.6. The van der Waals surface area contributed by atoms with Crippen LogP contribution < -0.4 is 10.6 Å². The van der Waals surface area contributed by atoms with Crippen molar-refractivity contribution in [2.75, 3.05) is 10.6 Å². The number of aryl methyl sites for hydroxylation is 1. The van der Waals surface area contributed by atoms with E-state index in [1.54, 1.807) is 36.4 Å². The van der Waals surface area contributed by atoms with E-state index in [2.05, 4.69) is 15.6 Å². The van der Waals surface area contributed by atoms with Gasteiger partial charge in [-0.3, -0.25) is 9.78 Å². The maximum atomic E-state index is 13.3. The first kappa shape index (κ1) is 16.9. The molecule has 126 valence electrons. The van der Waals surface area contributed by atoms with Gasteiger partial charge in [-0.25, -0.2) is 4.39 Å². The van der Waals surface area contributed by atoms with Crippen molar-refractivity contribution < 1.29 is 9.18 Å². The maximum absolute atomic E-state index is 13.3. The number of nitrogens with zero attached hydrogens (tertiary/aromatic N) is 1. The summed E-state index contributed by atoms with van der Waals surface area (Å²) >= 11 is 5.97. The minimum atomic E-state index is -0.353. The summed E-state index contributed by atoms with van der Waals surface area (Å²) in [6.45, 7) is 1.88. The van der Waals surface area contributed by atoms with Gasteiger partial charge in [0, 0.05) is 28.3 Å². The van der Waals surface area contributed by atoms with Gasteiger partial charge in [-0.05, 0) is 55.0 Å². The van der Waals surface area contributed by atoms with Crippen LogP contribution in [0.15, 0.2) is 60.8 Å². The Bertz CT molecular complexity index is 930. The lowest BCUT2D eigenvalue weighted by Crippen LogP contribution is -2.14. The minimum absolute atomic E-state index is 0.237. The van der Waals surface area contributed by atoms with Crippen LogP contribution in [0.5, 0.6) is 0 Å². The van der Waals surface area contributed by atoms with Gasteiger partial charge in [0.1, 0.15) is 11.5 Å². The Balaban J connectivity index is 1.78. The number of benzene rings is 2. The average molecular weight is 356 g/mol. The van der Waals surface area contributed by atoms with Gasteiger partial charge in [0.05, 0.1) is 0 Å². The van der Waals surface area contributed by atoms with Crippen molar-refractivity contribution in [2.45, 2.75) is 6.92 Å². The number of anilines is 3. The zero-order chi connectivity index (χ0) is 17.8. The quantitative estimate of drug-likeness (QED) is 0.678. The Labute approximate surface area is 149 Å². The Morgan fingerprint density at radius 1 is 1.08 bits per heavy atom. The number of nitrogens with one attached hydrogen (secondary N) is 2. The molecule has 1 heterocycles. The summed E-state index contributed by atoms with van der Waals surface area (Å²) in [4.78, 5) is 16.5. The molecule has 1 aromatic heterocycles. The zero-order valence-corrected chi connectivity index (χ0v) is 14.1. The number of amides is 1. The first-order valence-corrected chi connectivity index (χ1v) is 7.95. The van der Waals surface area contributed by atoms with Crippen LogP contribution in [0, 0.1) is 12.7 Å². The fraction of sp³-hybridized carbons (Fsp3) is 0.0526. The molecule has 0 spiro atoms. The molecule has 2 N–H and O–H groups in total. The van der Waals surface area contributed by atoms with E-state index in [1.807, 2.05) is 13.0 Å². The van der Waals surface area contributed by atoms with Crippen molar-refractivity contribution in [3.63, 3.8) is 0 Å². The maximum Gasteiger partial charge on any atom is 0.274 e. The van der Waals surface area contributed by atoms with Gasteiger partial charge in [0.15, 0.2) is 0 Å². The van der Waals surface area contributed by atoms with E-state index < -0.39 is 0 Å². The van der Waals surface area contributed by atoms with Crippen molar-refractivity contribution in [3.05, 3.63) is 82.9 Å². The highest BCUT2D eigenvalue weighted by Gasteiger charge is 2.10. The smallest absolute Gasteiger partial charge is 0.274 e. The molecule has 25 heavy (non-hydrogen) atoms. The first-order chi connectivity index (χ1) is 12.0. The number of carbonyl (C=O) groups is 1. The second kappa shape index (κ2) is 7.32. The lowest BCUT2D eigenvalue weighted by atomic mass is 10.2. The van der Waals surface area contributed by atoms with Gasteiger partial charge in [0.25, 0.3) is 5.91 Å². The number of aromatic nitrogens is 1. The number of carbonyl (C=O) groups excluding carboxylic acids is 1. The second-order valence-corrected chi connectivity index (χ2v) is 5.91. The molecule has 0 aliphatic carbocycles. The number of halogens is 2. The molecule has 4 nitrogen and oxygen atoms in total. The molecule has 0 fully saturated rings. The van der Waals surface area contributed by atoms with Gasteiger partial charge < -0.3 is 10.6 Å². The van der Waals surface area contributed by atoms with Crippen LogP contribution in [0.3, 0.4) is 0 Å². The molecule has 0 saturated carbocycles. The number of hydrogen-bond acceptors (Lipinski definition) is 3. The largest absolute Gasteiger partial charge is 0.355 e. The van der Waals surface area contributed by atoms with Crippen LogP contribution >= 0.6 is 11.6 Å². The molecule has 0 radical (unpaired) electrons.